The third-order valence-electron chi connectivity index (χ3n) is 6.28. The lowest BCUT2D eigenvalue weighted by Crippen LogP contribution is -2.29. The van der Waals surface area contributed by atoms with Gasteiger partial charge in [0.15, 0.2) is 5.17 Å². The Balaban J connectivity index is 1.43. The van der Waals surface area contributed by atoms with Crippen LogP contribution in [0.15, 0.2) is 105 Å². The van der Waals surface area contributed by atoms with Gasteiger partial charge in [0.2, 0.25) is 0 Å². The number of carbonyl (C=O) groups excluding carboxylic acids is 1. The zero-order valence-corrected chi connectivity index (χ0v) is 22.1. The van der Waals surface area contributed by atoms with Crippen LogP contribution >= 0.6 is 23.5 Å². The molecule has 6 rings (SSSR count). The minimum Gasteiger partial charge on any atom is -0.497 e. The van der Waals surface area contributed by atoms with E-state index in [0.717, 1.165) is 50.1 Å². The molecule has 0 aliphatic carbocycles. The molecule has 2 aliphatic heterocycles. The Hall–Kier alpha value is -3.75. The summed E-state index contributed by atoms with van der Waals surface area (Å²) in [6.45, 7) is 3.29. The Morgan fingerprint density at radius 3 is 2.62 bits per heavy atom. The van der Waals surface area contributed by atoms with Crippen molar-refractivity contribution >= 4 is 56.9 Å². The summed E-state index contributed by atoms with van der Waals surface area (Å²) in [4.78, 5) is 29.1. The van der Waals surface area contributed by atoms with Crippen LogP contribution in [0.25, 0.3) is 10.9 Å². The lowest BCUT2D eigenvalue weighted by Gasteiger charge is -2.19. The van der Waals surface area contributed by atoms with E-state index in [2.05, 4.69) is 22.9 Å². The second kappa shape index (κ2) is 9.95. The first-order valence-corrected chi connectivity index (χ1v) is 13.6. The molecule has 37 heavy (non-hydrogen) atoms. The van der Waals surface area contributed by atoms with E-state index in [0.29, 0.717) is 16.6 Å². The van der Waals surface area contributed by atoms with Crippen molar-refractivity contribution in [3.8, 4) is 5.75 Å². The number of pyridine rings is 1. The van der Waals surface area contributed by atoms with Crippen LogP contribution in [-0.2, 0) is 11.3 Å². The van der Waals surface area contributed by atoms with Crippen molar-refractivity contribution in [1.82, 2.24) is 9.88 Å². The number of nitrogens with zero attached hydrogens (tertiary/aromatic N) is 4. The predicted molar refractivity (Wildman–Crippen MR) is 152 cm³/mol. The van der Waals surface area contributed by atoms with Crippen molar-refractivity contribution in [2.75, 3.05) is 18.6 Å². The van der Waals surface area contributed by atoms with Crippen LogP contribution in [0.3, 0.4) is 0 Å². The summed E-state index contributed by atoms with van der Waals surface area (Å²) in [5, 5.41) is 2.62. The molecule has 3 aromatic carbocycles. The quantitative estimate of drug-likeness (QED) is 0.267. The maximum atomic E-state index is 13.9. The molecule has 0 saturated carbocycles. The van der Waals surface area contributed by atoms with E-state index in [1.807, 2.05) is 72.8 Å². The van der Waals surface area contributed by atoms with Gasteiger partial charge in [-0.2, -0.15) is 0 Å². The van der Waals surface area contributed by atoms with E-state index in [1.165, 1.54) is 11.8 Å². The van der Waals surface area contributed by atoms with Gasteiger partial charge in [-0.25, -0.2) is 4.99 Å². The number of aromatic nitrogens is 1. The fraction of sp³-hybridized carbons (Fsp3) is 0.138. The minimum atomic E-state index is -0.0317. The molecule has 184 valence electrons. The first kappa shape index (κ1) is 23.6. The summed E-state index contributed by atoms with van der Waals surface area (Å²) in [6, 6.07) is 25.9. The third kappa shape index (κ3) is 4.47. The van der Waals surface area contributed by atoms with Gasteiger partial charge in [0.25, 0.3) is 5.91 Å². The Bertz CT molecular complexity index is 1570. The number of aliphatic imine (C=N–C) groups is 1. The number of amidine groups is 1. The number of hydrogen-bond acceptors (Lipinski definition) is 7. The molecule has 0 radical (unpaired) electrons. The van der Waals surface area contributed by atoms with E-state index in [1.54, 1.807) is 30.0 Å². The Labute approximate surface area is 224 Å². The number of amides is 1. The fourth-order valence-corrected chi connectivity index (χ4v) is 6.81. The fourth-order valence-electron chi connectivity index (χ4n) is 4.44. The van der Waals surface area contributed by atoms with E-state index < -0.39 is 0 Å². The van der Waals surface area contributed by atoms with Crippen LogP contribution in [0, 0.1) is 0 Å². The van der Waals surface area contributed by atoms with Crippen LogP contribution < -0.4 is 9.64 Å². The molecule has 0 N–H and O–H groups in total. The standard InChI is InChI=1S/C29H24N4O2S2/c1-3-32-24-17-22(35-2)12-14-25(24)36-28(32)26-27(34)33(18-19-8-5-4-6-9-19)29(37-26)31-21-11-13-23-20(16-21)10-7-15-30-23/h4-17H,3,18H2,1-2H3. The number of rotatable bonds is 5. The van der Waals surface area contributed by atoms with Crippen molar-refractivity contribution in [3.05, 3.63) is 101 Å². The number of methoxy groups -OCH3 is 1. The number of carbonyl (C=O) groups is 1. The molecular weight excluding hydrogens is 500 g/mol. The number of thioether (sulfide) groups is 2. The number of ether oxygens (including phenoxy) is 1. The Kier molecular flexibility index (Phi) is 6.36. The van der Waals surface area contributed by atoms with Gasteiger partial charge in [-0.1, -0.05) is 48.2 Å². The highest BCUT2D eigenvalue weighted by Gasteiger charge is 2.39. The first-order chi connectivity index (χ1) is 18.1. The van der Waals surface area contributed by atoms with Crippen LogP contribution in [0.2, 0.25) is 0 Å². The molecule has 0 unspecified atom stereocenters. The topological polar surface area (TPSA) is 58.0 Å². The molecule has 0 bridgehead atoms. The van der Waals surface area contributed by atoms with Crippen LogP contribution in [0.4, 0.5) is 11.4 Å². The first-order valence-electron chi connectivity index (χ1n) is 12.0. The molecule has 0 spiro atoms. The normalized spacial score (nSPS) is 18.2. The van der Waals surface area contributed by atoms with Crippen molar-refractivity contribution in [2.24, 2.45) is 4.99 Å². The van der Waals surface area contributed by atoms with Gasteiger partial charge in [-0.05, 0) is 60.6 Å². The molecule has 2 aliphatic rings. The Morgan fingerprint density at radius 2 is 1.81 bits per heavy atom. The largest absolute Gasteiger partial charge is 0.497 e. The molecule has 3 heterocycles. The average molecular weight is 525 g/mol. The van der Waals surface area contributed by atoms with Gasteiger partial charge in [0.05, 0.1) is 30.5 Å². The van der Waals surface area contributed by atoms with E-state index in [9.17, 15) is 4.79 Å². The van der Waals surface area contributed by atoms with Crippen molar-refractivity contribution in [3.63, 3.8) is 0 Å². The smallest absolute Gasteiger partial charge is 0.269 e. The summed E-state index contributed by atoms with van der Waals surface area (Å²) >= 11 is 3.07. The number of benzene rings is 3. The van der Waals surface area contributed by atoms with Crippen molar-refractivity contribution in [2.45, 2.75) is 18.4 Å². The molecule has 0 atom stereocenters. The molecule has 1 amide bonds. The summed E-state index contributed by atoms with van der Waals surface area (Å²) in [6.07, 6.45) is 1.78. The van der Waals surface area contributed by atoms with Crippen molar-refractivity contribution < 1.29 is 9.53 Å². The molecule has 1 fully saturated rings. The van der Waals surface area contributed by atoms with Crippen LogP contribution in [-0.4, -0.2) is 34.6 Å². The monoisotopic (exact) mass is 524 g/mol. The molecule has 8 heteroatoms. The molecular formula is C29H24N4O2S2. The zero-order valence-electron chi connectivity index (χ0n) is 20.4. The molecule has 1 saturated heterocycles. The summed E-state index contributed by atoms with van der Waals surface area (Å²) < 4.78 is 5.46. The predicted octanol–water partition coefficient (Wildman–Crippen LogP) is 6.81. The third-order valence-corrected chi connectivity index (χ3v) is 8.66. The van der Waals surface area contributed by atoms with E-state index in [4.69, 9.17) is 9.73 Å². The lowest BCUT2D eigenvalue weighted by molar-refractivity contribution is -0.122. The molecule has 6 nitrogen and oxygen atoms in total. The minimum absolute atomic E-state index is 0.0317. The lowest BCUT2D eigenvalue weighted by atomic mass is 10.2. The Morgan fingerprint density at radius 1 is 0.946 bits per heavy atom. The number of fused-ring (bicyclic) bond motifs is 2. The maximum Gasteiger partial charge on any atom is 0.269 e. The highest BCUT2D eigenvalue weighted by molar-refractivity contribution is 8.19. The molecule has 4 aromatic rings. The van der Waals surface area contributed by atoms with Crippen molar-refractivity contribution in [1.29, 1.82) is 0 Å². The number of hydrogen-bond donors (Lipinski definition) is 0. The van der Waals surface area contributed by atoms with Crippen LogP contribution in [0.5, 0.6) is 5.75 Å². The van der Waals surface area contributed by atoms with Gasteiger partial charge >= 0.3 is 0 Å². The van der Waals surface area contributed by atoms with Gasteiger partial charge < -0.3 is 9.64 Å². The SMILES string of the molecule is CCN1C(=C2SC(=Nc3ccc4ncccc4c3)N(Cc3ccccc3)C2=O)Sc2ccc(OC)cc21. The molecule has 1 aromatic heterocycles. The van der Waals surface area contributed by atoms with Gasteiger partial charge in [0.1, 0.15) is 15.7 Å². The van der Waals surface area contributed by atoms with E-state index in [-0.39, 0.29) is 5.91 Å². The summed E-state index contributed by atoms with van der Waals surface area (Å²) in [5.41, 5.74) is 3.82. The second-order valence-corrected chi connectivity index (χ2v) is 10.6. The average Bonchev–Trinajstić information content (AvgIpc) is 3.45. The van der Waals surface area contributed by atoms with E-state index >= 15 is 0 Å². The van der Waals surface area contributed by atoms with Gasteiger partial charge in [0, 0.05) is 29.1 Å². The number of anilines is 1. The van der Waals surface area contributed by atoms with Gasteiger partial charge in [-0.15, -0.1) is 0 Å². The highest BCUT2D eigenvalue weighted by atomic mass is 32.2. The zero-order chi connectivity index (χ0) is 25.4. The summed E-state index contributed by atoms with van der Waals surface area (Å²) in [5.74, 6) is 0.768. The van der Waals surface area contributed by atoms with Gasteiger partial charge in [-0.3, -0.25) is 14.7 Å². The summed E-state index contributed by atoms with van der Waals surface area (Å²) in [7, 11) is 1.67. The second-order valence-electron chi connectivity index (χ2n) is 8.57. The maximum absolute atomic E-state index is 13.9. The van der Waals surface area contributed by atoms with Crippen LogP contribution in [0.1, 0.15) is 12.5 Å². The highest BCUT2D eigenvalue weighted by Crippen LogP contribution is 2.51.